The normalized spacial score (nSPS) is 19.2. The molecule has 1 heterocycles. The monoisotopic (exact) mass is 310 g/mol. The van der Waals surface area contributed by atoms with Crippen molar-refractivity contribution in [2.75, 3.05) is 0 Å². The number of rotatable bonds is 3. The van der Waals surface area contributed by atoms with Gasteiger partial charge in [0, 0.05) is 29.3 Å². The van der Waals surface area contributed by atoms with Crippen molar-refractivity contribution in [2.24, 2.45) is 0 Å². The molecule has 1 aromatic rings. The Labute approximate surface area is 129 Å². The Morgan fingerprint density at radius 1 is 1.29 bits per heavy atom. The highest BCUT2D eigenvalue weighted by Crippen LogP contribution is 2.49. The molecule has 0 atom stereocenters. The lowest BCUT2D eigenvalue weighted by atomic mass is 9.81. The number of carbonyl (C=O) groups is 1. The number of fused-ring (bicyclic) bond motifs is 1. The molecule has 1 aliphatic carbocycles. The highest BCUT2D eigenvalue weighted by molar-refractivity contribution is 6.31. The van der Waals surface area contributed by atoms with Gasteiger partial charge in [0.2, 0.25) is 0 Å². The molecule has 2 aliphatic rings. The van der Waals surface area contributed by atoms with E-state index in [-0.39, 0.29) is 6.42 Å². The van der Waals surface area contributed by atoms with Crippen molar-refractivity contribution in [3.05, 3.63) is 22.7 Å². The van der Waals surface area contributed by atoms with Crippen LogP contribution < -0.4 is 9.47 Å². The summed E-state index contributed by atoms with van der Waals surface area (Å²) in [5.41, 5.74) is 0.219. The summed E-state index contributed by atoms with van der Waals surface area (Å²) in [4.78, 5) is 11.0. The first kappa shape index (κ1) is 14.5. The van der Waals surface area contributed by atoms with E-state index in [2.05, 4.69) is 0 Å². The molecule has 0 unspecified atom stereocenters. The molecule has 4 nitrogen and oxygen atoms in total. The number of hydrogen-bond acceptors (Lipinski definition) is 3. The van der Waals surface area contributed by atoms with E-state index in [9.17, 15) is 4.79 Å². The Bertz CT molecular complexity index is 588. The Kier molecular flexibility index (Phi) is 3.32. The van der Waals surface area contributed by atoms with Gasteiger partial charge in [-0.15, -0.1) is 0 Å². The van der Waals surface area contributed by atoms with Crippen molar-refractivity contribution in [1.82, 2.24) is 0 Å². The number of hydrogen-bond donors (Lipinski definition) is 1. The summed E-state index contributed by atoms with van der Waals surface area (Å²) in [5.74, 6) is -0.0335. The molecule has 1 saturated carbocycles. The summed E-state index contributed by atoms with van der Waals surface area (Å²) in [6.07, 6.45) is 3.97. The summed E-state index contributed by atoms with van der Waals surface area (Å²) in [6.45, 7) is 3.74. The van der Waals surface area contributed by atoms with E-state index in [4.69, 9.17) is 26.2 Å². The first-order valence-corrected chi connectivity index (χ1v) is 7.63. The summed E-state index contributed by atoms with van der Waals surface area (Å²) in [7, 11) is 0. The predicted molar refractivity (Wildman–Crippen MR) is 79.2 cm³/mol. The molecular weight excluding hydrogens is 292 g/mol. The number of ether oxygens (including phenoxy) is 2. The van der Waals surface area contributed by atoms with Crippen LogP contribution in [-0.2, 0) is 10.2 Å². The van der Waals surface area contributed by atoms with Crippen LogP contribution in [0, 0.1) is 0 Å². The topological polar surface area (TPSA) is 55.8 Å². The van der Waals surface area contributed by atoms with Crippen molar-refractivity contribution >= 4 is 17.6 Å². The molecular formula is C16H19ClO4. The molecule has 0 amide bonds. The van der Waals surface area contributed by atoms with Crippen LogP contribution in [0.15, 0.2) is 12.1 Å². The summed E-state index contributed by atoms with van der Waals surface area (Å²) >= 11 is 6.34. The van der Waals surface area contributed by atoms with Crippen LogP contribution in [0.4, 0.5) is 0 Å². The number of aliphatic carboxylic acids is 1. The molecule has 0 radical (unpaired) electrons. The first-order chi connectivity index (χ1) is 9.81. The summed E-state index contributed by atoms with van der Waals surface area (Å²) in [6, 6.07) is 3.59. The average molecular weight is 311 g/mol. The zero-order valence-corrected chi connectivity index (χ0v) is 13.0. The van der Waals surface area contributed by atoms with Gasteiger partial charge in [0.05, 0.1) is 6.42 Å². The number of carboxylic acid groups (broad SMARTS) is 1. The van der Waals surface area contributed by atoms with Crippen molar-refractivity contribution in [1.29, 1.82) is 0 Å². The minimum atomic E-state index is -0.846. The largest absolute Gasteiger partial charge is 0.481 e. The highest BCUT2D eigenvalue weighted by atomic mass is 35.5. The Morgan fingerprint density at radius 3 is 2.43 bits per heavy atom. The Balaban J connectivity index is 1.95. The van der Waals surface area contributed by atoms with Gasteiger partial charge in [0.15, 0.2) is 11.5 Å². The first-order valence-electron chi connectivity index (χ1n) is 7.25. The Hall–Kier alpha value is -1.42. The maximum absolute atomic E-state index is 11.0. The van der Waals surface area contributed by atoms with Gasteiger partial charge in [-0.05, 0) is 24.5 Å². The van der Waals surface area contributed by atoms with Gasteiger partial charge < -0.3 is 14.6 Å². The van der Waals surface area contributed by atoms with E-state index in [0.29, 0.717) is 16.5 Å². The molecule has 1 spiro atoms. The second-order valence-corrected chi connectivity index (χ2v) is 6.96. The second kappa shape index (κ2) is 4.80. The lowest BCUT2D eigenvalue weighted by Crippen LogP contribution is -2.34. The maximum atomic E-state index is 11.0. The fourth-order valence-electron chi connectivity index (χ4n) is 3.23. The standard InChI is InChI=1S/C16H19ClO4/c1-15(2,9-14(18)19)10-7-12-13(8-11(10)17)21-16(20-12)5-3-4-6-16/h7-8H,3-6,9H2,1-2H3,(H,18,19). The predicted octanol–water partition coefficient (Wildman–Crippen LogP) is 4.13. The van der Waals surface area contributed by atoms with E-state index < -0.39 is 17.2 Å². The van der Waals surface area contributed by atoms with Crippen LogP contribution in [0.2, 0.25) is 5.02 Å². The quantitative estimate of drug-likeness (QED) is 0.912. The van der Waals surface area contributed by atoms with Crippen molar-refractivity contribution in [2.45, 2.75) is 57.2 Å². The van der Waals surface area contributed by atoms with Gasteiger partial charge in [-0.25, -0.2) is 0 Å². The average Bonchev–Trinajstić information content (AvgIpc) is 2.93. The number of benzene rings is 1. The molecule has 3 rings (SSSR count). The fourth-order valence-corrected chi connectivity index (χ4v) is 3.64. The van der Waals surface area contributed by atoms with Crippen LogP contribution in [0.3, 0.4) is 0 Å². The zero-order chi connectivity index (χ0) is 15.3. The smallest absolute Gasteiger partial charge is 0.304 e. The molecule has 5 heteroatoms. The summed E-state index contributed by atoms with van der Waals surface area (Å²) < 4.78 is 12.0. The molecule has 114 valence electrons. The second-order valence-electron chi connectivity index (χ2n) is 6.56. The summed E-state index contributed by atoms with van der Waals surface area (Å²) in [5, 5.41) is 9.59. The van der Waals surface area contributed by atoms with Crippen molar-refractivity contribution in [3.8, 4) is 11.5 Å². The number of carboxylic acids is 1. The third kappa shape index (κ3) is 2.57. The van der Waals surface area contributed by atoms with Gasteiger partial charge in [0.25, 0.3) is 5.79 Å². The molecule has 1 fully saturated rings. The van der Waals surface area contributed by atoms with Gasteiger partial charge in [0.1, 0.15) is 0 Å². The minimum Gasteiger partial charge on any atom is -0.481 e. The van der Waals surface area contributed by atoms with E-state index >= 15 is 0 Å². The zero-order valence-electron chi connectivity index (χ0n) is 12.2. The number of halogens is 1. The highest BCUT2D eigenvalue weighted by Gasteiger charge is 2.44. The van der Waals surface area contributed by atoms with Crippen LogP contribution in [0.5, 0.6) is 11.5 Å². The SMILES string of the molecule is CC(C)(CC(=O)O)c1cc2c(cc1Cl)OC1(CCCC1)O2. The van der Waals surface area contributed by atoms with E-state index in [1.165, 1.54) is 0 Å². The van der Waals surface area contributed by atoms with Gasteiger partial charge in [-0.2, -0.15) is 0 Å². The van der Waals surface area contributed by atoms with Crippen molar-refractivity contribution < 1.29 is 19.4 Å². The van der Waals surface area contributed by atoms with Crippen LogP contribution in [-0.4, -0.2) is 16.9 Å². The third-order valence-corrected chi connectivity index (χ3v) is 4.63. The molecule has 0 saturated heterocycles. The van der Waals surface area contributed by atoms with E-state index in [0.717, 1.165) is 31.2 Å². The molecule has 21 heavy (non-hydrogen) atoms. The minimum absolute atomic E-state index is 0.0114. The van der Waals surface area contributed by atoms with Crippen LogP contribution >= 0.6 is 11.6 Å². The van der Waals surface area contributed by atoms with Gasteiger partial charge in [-0.1, -0.05) is 25.4 Å². The molecule has 0 aromatic heterocycles. The molecule has 0 bridgehead atoms. The van der Waals surface area contributed by atoms with E-state index in [1.54, 1.807) is 6.07 Å². The molecule has 1 N–H and O–H groups in total. The van der Waals surface area contributed by atoms with Crippen LogP contribution in [0.1, 0.15) is 51.5 Å². The molecule has 1 aromatic carbocycles. The third-order valence-electron chi connectivity index (χ3n) is 4.31. The van der Waals surface area contributed by atoms with Crippen LogP contribution in [0.25, 0.3) is 0 Å². The molecule has 1 aliphatic heterocycles. The fraction of sp³-hybridized carbons (Fsp3) is 0.562. The maximum Gasteiger partial charge on any atom is 0.304 e. The van der Waals surface area contributed by atoms with E-state index in [1.807, 2.05) is 19.9 Å². The van der Waals surface area contributed by atoms with Gasteiger partial charge in [-0.3, -0.25) is 4.79 Å². The Morgan fingerprint density at radius 2 is 1.86 bits per heavy atom. The lowest BCUT2D eigenvalue weighted by molar-refractivity contribution is -0.138. The van der Waals surface area contributed by atoms with Crippen molar-refractivity contribution in [3.63, 3.8) is 0 Å². The lowest BCUT2D eigenvalue weighted by Gasteiger charge is -2.24. The van der Waals surface area contributed by atoms with Gasteiger partial charge >= 0.3 is 5.97 Å².